The summed E-state index contributed by atoms with van der Waals surface area (Å²) in [5.41, 5.74) is 0.591. The molecule has 0 bridgehead atoms. The molecule has 0 saturated carbocycles. The monoisotopic (exact) mass is 298 g/mol. The summed E-state index contributed by atoms with van der Waals surface area (Å²) in [5.74, 6) is 0.403. The number of hydrogen-bond donors (Lipinski definition) is 1. The number of pyridine rings is 1. The van der Waals surface area contributed by atoms with E-state index in [4.69, 9.17) is 9.47 Å². The van der Waals surface area contributed by atoms with Crippen molar-refractivity contribution in [2.75, 3.05) is 13.2 Å². The lowest BCUT2D eigenvalue weighted by molar-refractivity contribution is -0.139. The zero-order valence-corrected chi connectivity index (χ0v) is 12.4. The van der Waals surface area contributed by atoms with Gasteiger partial charge < -0.3 is 14.8 Å². The van der Waals surface area contributed by atoms with Gasteiger partial charge in [-0.25, -0.2) is 0 Å². The molecule has 0 spiro atoms. The average molecular weight is 298 g/mol. The predicted molar refractivity (Wildman–Crippen MR) is 81.4 cm³/mol. The Labute approximate surface area is 129 Å². The number of nitrogens with one attached hydrogen (secondary N) is 1. The second-order valence-electron chi connectivity index (χ2n) is 5.38. The molecule has 1 aromatic carbocycles. The number of hydrogen-bond acceptors (Lipinski definition) is 4. The second kappa shape index (κ2) is 6.15. The van der Waals surface area contributed by atoms with Gasteiger partial charge in [-0.05, 0) is 24.6 Å². The topological polar surface area (TPSA) is 60.5 Å². The van der Waals surface area contributed by atoms with Crippen molar-refractivity contribution in [1.82, 2.24) is 10.3 Å². The van der Waals surface area contributed by atoms with Gasteiger partial charge in [-0.3, -0.25) is 9.78 Å². The van der Waals surface area contributed by atoms with E-state index in [0.29, 0.717) is 19.0 Å². The Hall–Kier alpha value is -2.40. The number of amides is 1. The highest BCUT2D eigenvalue weighted by Crippen LogP contribution is 2.29. The van der Waals surface area contributed by atoms with Crippen molar-refractivity contribution in [1.29, 1.82) is 0 Å². The van der Waals surface area contributed by atoms with Gasteiger partial charge in [0.1, 0.15) is 11.3 Å². The van der Waals surface area contributed by atoms with Crippen LogP contribution in [0.25, 0.3) is 0 Å². The lowest BCUT2D eigenvalue weighted by Gasteiger charge is -2.43. The van der Waals surface area contributed by atoms with Gasteiger partial charge in [0.05, 0.1) is 19.4 Å². The summed E-state index contributed by atoms with van der Waals surface area (Å²) in [5, 5.41) is 3.06. The van der Waals surface area contributed by atoms with Gasteiger partial charge in [0.2, 0.25) is 0 Å². The number of ether oxygens (including phenoxy) is 2. The third kappa shape index (κ3) is 2.94. The number of carbonyl (C=O) groups is 1. The van der Waals surface area contributed by atoms with Crippen LogP contribution in [0.5, 0.6) is 5.75 Å². The van der Waals surface area contributed by atoms with E-state index >= 15 is 0 Å². The van der Waals surface area contributed by atoms with E-state index in [-0.39, 0.29) is 5.91 Å². The summed E-state index contributed by atoms with van der Waals surface area (Å²) in [6, 6.07) is 13.4. The molecule has 1 unspecified atom stereocenters. The number of aromatic nitrogens is 1. The first-order chi connectivity index (χ1) is 10.7. The molecule has 0 radical (unpaired) electrons. The molecule has 1 amide bonds. The van der Waals surface area contributed by atoms with Crippen LogP contribution in [0.3, 0.4) is 0 Å². The van der Waals surface area contributed by atoms with Gasteiger partial charge in [-0.1, -0.05) is 30.3 Å². The van der Waals surface area contributed by atoms with Crippen LogP contribution < -0.4 is 10.1 Å². The molecule has 1 N–H and O–H groups in total. The first-order valence-electron chi connectivity index (χ1n) is 7.22. The molecule has 1 fully saturated rings. The smallest absolute Gasteiger partial charge is 0.261 e. The minimum atomic E-state index is -0.606. The molecule has 1 aliphatic heterocycles. The van der Waals surface area contributed by atoms with E-state index in [2.05, 4.69) is 10.3 Å². The van der Waals surface area contributed by atoms with Crippen LogP contribution in [0.4, 0.5) is 0 Å². The van der Waals surface area contributed by atoms with Gasteiger partial charge in [0.25, 0.3) is 5.91 Å². The van der Waals surface area contributed by atoms with Crippen molar-refractivity contribution in [2.24, 2.45) is 0 Å². The zero-order chi connectivity index (χ0) is 15.4. The van der Waals surface area contributed by atoms with Crippen molar-refractivity contribution >= 4 is 5.91 Å². The number of nitrogens with zero attached hydrogens (tertiary/aromatic N) is 1. The van der Waals surface area contributed by atoms with Crippen LogP contribution in [-0.2, 0) is 15.1 Å². The van der Waals surface area contributed by atoms with E-state index in [1.54, 1.807) is 31.5 Å². The highest BCUT2D eigenvalue weighted by atomic mass is 16.5. The quantitative estimate of drug-likeness (QED) is 0.916. The van der Waals surface area contributed by atoms with Gasteiger partial charge in [-0.2, -0.15) is 0 Å². The normalized spacial score (nSPS) is 17.1. The van der Waals surface area contributed by atoms with Crippen molar-refractivity contribution in [3.05, 3.63) is 60.4 Å². The fourth-order valence-corrected chi connectivity index (χ4v) is 2.39. The Morgan fingerprint density at radius 2 is 2.05 bits per heavy atom. The van der Waals surface area contributed by atoms with Crippen LogP contribution in [0, 0.1) is 0 Å². The maximum absolute atomic E-state index is 12.4. The molecule has 3 rings (SSSR count). The van der Waals surface area contributed by atoms with Crippen molar-refractivity contribution < 1.29 is 14.3 Å². The Morgan fingerprint density at radius 1 is 1.27 bits per heavy atom. The summed E-state index contributed by atoms with van der Waals surface area (Å²) in [6.07, 6.45) is 2.64. The minimum Gasteiger partial charge on any atom is -0.479 e. The second-order valence-corrected chi connectivity index (χ2v) is 5.38. The first-order valence-corrected chi connectivity index (χ1v) is 7.22. The van der Waals surface area contributed by atoms with Crippen molar-refractivity contribution in [3.63, 3.8) is 0 Å². The Bertz CT molecular complexity index is 627. The molecule has 1 aliphatic rings. The number of benzene rings is 1. The molecule has 1 saturated heterocycles. The fourth-order valence-electron chi connectivity index (χ4n) is 2.39. The van der Waals surface area contributed by atoms with E-state index in [1.807, 2.05) is 30.3 Å². The van der Waals surface area contributed by atoms with E-state index in [1.165, 1.54) is 0 Å². The minimum absolute atomic E-state index is 0.170. The number of carbonyl (C=O) groups excluding carboxylic acids is 1. The first kappa shape index (κ1) is 14.5. The molecular formula is C17H18N2O3. The van der Waals surface area contributed by atoms with Gasteiger partial charge >= 0.3 is 0 Å². The molecule has 1 atom stereocenters. The lowest BCUT2D eigenvalue weighted by Crippen LogP contribution is -2.61. The highest BCUT2D eigenvalue weighted by molar-refractivity contribution is 5.81. The van der Waals surface area contributed by atoms with Crippen LogP contribution in [0.1, 0.15) is 12.5 Å². The summed E-state index contributed by atoms with van der Waals surface area (Å²) >= 11 is 0. The zero-order valence-electron chi connectivity index (χ0n) is 12.4. The summed E-state index contributed by atoms with van der Waals surface area (Å²) in [6.45, 7) is 2.67. The van der Waals surface area contributed by atoms with Gasteiger partial charge in [0.15, 0.2) is 6.10 Å². The summed E-state index contributed by atoms with van der Waals surface area (Å²) in [4.78, 5) is 16.4. The maximum atomic E-state index is 12.4. The SMILES string of the molecule is CC(Oc1cccnc1)C(=O)NC1(c2ccccc2)COC1. The molecule has 22 heavy (non-hydrogen) atoms. The van der Waals surface area contributed by atoms with Crippen LogP contribution in [0.15, 0.2) is 54.9 Å². The molecule has 5 heteroatoms. The van der Waals surface area contributed by atoms with Gasteiger partial charge in [-0.15, -0.1) is 0 Å². The molecule has 1 aromatic heterocycles. The summed E-state index contributed by atoms with van der Waals surface area (Å²) in [7, 11) is 0. The van der Waals surface area contributed by atoms with Crippen LogP contribution in [0.2, 0.25) is 0 Å². The predicted octanol–water partition coefficient (Wildman–Crippen LogP) is 1.89. The fraction of sp³-hybridized carbons (Fsp3) is 0.294. The highest BCUT2D eigenvalue weighted by Gasteiger charge is 2.42. The van der Waals surface area contributed by atoms with Crippen molar-refractivity contribution in [3.8, 4) is 5.75 Å². The number of rotatable bonds is 5. The molecule has 2 heterocycles. The lowest BCUT2D eigenvalue weighted by atomic mass is 9.87. The van der Waals surface area contributed by atoms with E-state index < -0.39 is 11.6 Å². The standard InChI is InChI=1S/C17H18N2O3/c1-13(22-15-8-5-9-18-10-15)16(20)19-17(11-21-12-17)14-6-3-2-4-7-14/h2-10,13H,11-12H2,1H3,(H,19,20). The van der Waals surface area contributed by atoms with E-state index in [9.17, 15) is 4.79 Å². The Balaban J connectivity index is 1.67. The average Bonchev–Trinajstić information content (AvgIpc) is 2.52. The molecule has 114 valence electrons. The Morgan fingerprint density at radius 3 is 2.64 bits per heavy atom. The third-order valence-electron chi connectivity index (χ3n) is 3.70. The maximum Gasteiger partial charge on any atom is 0.261 e. The third-order valence-corrected chi connectivity index (χ3v) is 3.70. The molecule has 2 aromatic rings. The van der Waals surface area contributed by atoms with Crippen molar-refractivity contribution in [2.45, 2.75) is 18.6 Å². The largest absolute Gasteiger partial charge is 0.479 e. The summed E-state index contributed by atoms with van der Waals surface area (Å²) < 4.78 is 10.9. The Kier molecular flexibility index (Phi) is 4.06. The molecule has 5 nitrogen and oxygen atoms in total. The molecular weight excluding hydrogens is 280 g/mol. The van der Waals surface area contributed by atoms with Crippen LogP contribution in [-0.4, -0.2) is 30.2 Å². The van der Waals surface area contributed by atoms with E-state index in [0.717, 1.165) is 5.56 Å². The van der Waals surface area contributed by atoms with Crippen LogP contribution >= 0.6 is 0 Å². The van der Waals surface area contributed by atoms with Gasteiger partial charge in [0, 0.05) is 6.20 Å². The molecule has 0 aliphatic carbocycles.